The molecular weight excluding hydrogens is 503 g/mol. The van der Waals surface area contributed by atoms with Gasteiger partial charge in [-0.05, 0) is 67.3 Å². The van der Waals surface area contributed by atoms with Gasteiger partial charge in [-0.15, -0.1) is 0 Å². The molecule has 3 aliphatic rings. The fourth-order valence-corrected chi connectivity index (χ4v) is 4.67. The molecule has 7 heteroatoms. The molecule has 2 aromatic rings. The Labute approximate surface area is 227 Å². The second kappa shape index (κ2) is 11.2. The molecule has 188 valence electrons. The van der Waals surface area contributed by atoms with Crippen molar-refractivity contribution in [1.82, 2.24) is 15.8 Å². The van der Waals surface area contributed by atoms with Gasteiger partial charge in [0, 0.05) is 23.6 Å². The van der Waals surface area contributed by atoms with Crippen molar-refractivity contribution in [3.8, 4) is 0 Å². The molecule has 2 aromatic carbocycles. The Morgan fingerprint density at radius 3 is 2.68 bits per heavy atom. The van der Waals surface area contributed by atoms with Crippen molar-refractivity contribution in [2.24, 2.45) is 10.9 Å². The van der Waals surface area contributed by atoms with Crippen LogP contribution in [0.5, 0.6) is 0 Å². The van der Waals surface area contributed by atoms with Gasteiger partial charge in [-0.25, -0.2) is 4.99 Å². The zero-order chi connectivity index (χ0) is 25.8. The molecule has 1 amide bonds. The SMILES string of the molecule is CC1CC=C2C=CC=C(c3ccc(C(=O)NCc4ccc(Cl)c(Cl)c4)cc3)N2NC1=NC1=CCCC=C1. The number of nitrogens with zero attached hydrogens (tertiary/aromatic N) is 2. The van der Waals surface area contributed by atoms with Crippen molar-refractivity contribution in [3.05, 3.63) is 123 Å². The van der Waals surface area contributed by atoms with Crippen LogP contribution in [0.15, 0.2) is 101 Å². The summed E-state index contributed by atoms with van der Waals surface area (Å²) in [5, 5.41) is 5.98. The van der Waals surface area contributed by atoms with Gasteiger partial charge >= 0.3 is 0 Å². The van der Waals surface area contributed by atoms with Gasteiger partial charge in [0.1, 0.15) is 5.84 Å². The summed E-state index contributed by atoms with van der Waals surface area (Å²) in [6, 6.07) is 13.0. The Kier molecular flexibility index (Phi) is 7.63. The quantitative estimate of drug-likeness (QED) is 0.429. The van der Waals surface area contributed by atoms with E-state index in [0.717, 1.165) is 53.3 Å². The van der Waals surface area contributed by atoms with Crippen LogP contribution in [0.25, 0.3) is 5.70 Å². The van der Waals surface area contributed by atoms with Crippen molar-refractivity contribution >= 4 is 40.6 Å². The van der Waals surface area contributed by atoms with E-state index in [1.54, 1.807) is 12.1 Å². The van der Waals surface area contributed by atoms with Gasteiger partial charge in [-0.1, -0.05) is 72.6 Å². The standard InChI is InChI=1S/C30H28Cl2N4O/c1-20-10-16-25-8-5-9-28(36(25)35-29(20)34-24-6-3-2-4-7-24)22-12-14-23(15-13-22)30(37)33-19-21-11-17-26(31)27(32)18-21/h3,5-9,11-18,20H,2,4,10,19H2,1H3,(H,33,37)(H,34,35). The molecule has 0 saturated carbocycles. The van der Waals surface area contributed by atoms with E-state index in [4.69, 9.17) is 28.2 Å². The van der Waals surface area contributed by atoms with Gasteiger partial charge in [0.05, 0.1) is 27.1 Å². The predicted molar refractivity (Wildman–Crippen MR) is 152 cm³/mol. The van der Waals surface area contributed by atoms with Gasteiger partial charge in [0.2, 0.25) is 0 Å². The third-order valence-electron chi connectivity index (χ3n) is 6.50. The van der Waals surface area contributed by atoms with E-state index in [2.05, 4.69) is 65.2 Å². The summed E-state index contributed by atoms with van der Waals surface area (Å²) in [5.74, 6) is 1.04. The monoisotopic (exact) mass is 530 g/mol. The molecule has 2 aliphatic heterocycles. The van der Waals surface area contributed by atoms with Crippen molar-refractivity contribution in [3.63, 3.8) is 0 Å². The highest BCUT2D eigenvalue weighted by Crippen LogP contribution is 2.30. The Morgan fingerprint density at radius 2 is 1.92 bits per heavy atom. The second-order valence-corrected chi connectivity index (χ2v) is 10.1. The number of benzene rings is 2. The number of hydrogen-bond donors (Lipinski definition) is 2. The summed E-state index contributed by atoms with van der Waals surface area (Å²) in [6.07, 6.45) is 17.9. The summed E-state index contributed by atoms with van der Waals surface area (Å²) in [7, 11) is 0. The van der Waals surface area contributed by atoms with E-state index < -0.39 is 0 Å². The van der Waals surface area contributed by atoms with Crippen LogP contribution in [0.2, 0.25) is 10.0 Å². The van der Waals surface area contributed by atoms with Crippen molar-refractivity contribution in [2.45, 2.75) is 32.7 Å². The largest absolute Gasteiger partial charge is 0.348 e. The highest BCUT2D eigenvalue weighted by Gasteiger charge is 2.24. The summed E-state index contributed by atoms with van der Waals surface area (Å²) in [5.41, 5.74) is 9.10. The van der Waals surface area contributed by atoms with Crippen molar-refractivity contribution < 1.29 is 4.79 Å². The molecule has 0 bridgehead atoms. The highest BCUT2D eigenvalue weighted by molar-refractivity contribution is 6.42. The van der Waals surface area contributed by atoms with Crippen LogP contribution in [0.4, 0.5) is 0 Å². The Hall–Kier alpha value is -3.54. The fourth-order valence-electron chi connectivity index (χ4n) is 4.35. The summed E-state index contributed by atoms with van der Waals surface area (Å²) in [4.78, 5) is 17.7. The van der Waals surface area contributed by atoms with E-state index in [0.29, 0.717) is 22.2 Å². The minimum Gasteiger partial charge on any atom is -0.348 e. The van der Waals surface area contributed by atoms with Crippen molar-refractivity contribution in [1.29, 1.82) is 0 Å². The van der Waals surface area contributed by atoms with E-state index >= 15 is 0 Å². The first kappa shape index (κ1) is 25.1. The lowest BCUT2D eigenvalue weighted by Gasteiger charge is -2.31. The van der Waals surface area contributed by atoms with Gasteiger partial charge in [-0.3, -0.25) is 15.2 Å². The molecule has 5 rings (SSSR count). The lowest BCUT2D eigenvalue weighted by atomic mass is 10.0. The van der Waals surface area contributed by atoms with E-state index in [1.165, 1.54) is 0 Å². The molecule has 1 unspecified atom stereocenters. The first-order valence-electron chi connectivity index (χ1n) is 12.4. The normalized spacial score (nSPS) is 19.9. The molecule has 37 heavy (non-hydrogen) atoms. The molecule has 0 fully saturated rings. The molecule has 1 atom stereocenters. The van der Waals surface area contributed by atoms with Gasteiger partial charge < -0.3 is 5.32 Å². The molecule has 0 radical (unpaired) electrons. The maximum Gasteiger partial charge on any atom is 0.251 e. The first-order valence-corrected chi connectivity index (χ1v) is 13.2. The molecule has 0 aromatic heterocycles. The topological polar surface area (TPSA) is 56.7 Å². The number of hydrogen-bond acceptors (Lipinski definition) is 3. The molecular formula is C30H28Cl2N4O. The number of amides is 1. The lowest BCUT2D eigenvalue weighted by molar-refractivity contribution is 0.0951. The Balaban J connectivity index is 1.31. The zero-order valence-corrected chi connectivity index (χ0v) is 22.1. The highest BCUT2D eigenvalue weighted by atomic mass is 35.5. The number of aliphatic imine (C=N–C) groups is 1. The number of carbonyl (C=O) groups is 1. The number of nitrogens with one attached hydrogen (secondary N) is 2. The molecule has 0 spiro atoms. The molecule has 0 saturated heterocycles. The number of hydrazine groups is 1. The summed E-state index contributed by atoms with van der Waals surface area (Å²) >= 11 is 12.1. The zero-order valence-electron chi connectivity index (χ0n) is 20.5. The van der Waals surface area contributed by atoms with Crippen molar-refractivity contribution in [2.75, 3.05) is 0 Å². The number of halogens is 2. The minimum atomic E-state index is -0.152. The van der Waals surface area contributed by atoms with Gasteiger partial charge in [0.25, 0.3) is 5.91 Å². The number of carbonyl (C=O) groups excluding carboxylic acids is 1. The molecule has 2 N–H and O–H groups in total. The third-order valence-corrected chi connectivity index (χ3v) is 7.24. The molecule has 5 nitrogen and oxygen atoms in total. The van der Waals surface area contributed by atoms with Crippen LogP contribution in [0, 0.1) is 5.92 Å². The van der Waals surface area contributed by atoms with Crippen LogP contribution >= 0.6 is 23.2 Å². The van der Waals surface area contributed by atoms with Crippen LogP contribution in [0.1, 0.15) is 47.7 Å². The third kappa shape index (κ3) is 5.90. The van der Waals surface area contributed by atoms with Crippen LogP contribution < -0.4 is 10.7 Å². The maximum atomic E-state index is 12.7. The predicted octanol–water partition coefficient (Wildman–Crippen LogP) is 7.20. The lowest BCUT2D eigenvalue weighted by Crippen LogP contribution is -2.41. The average molecular weight is 531 g/mol. The fraction of sp³-hybridized carbons (Fsp3) is 0.200. The van der Waals surface area contributed by atoms with E-state index in [-0.39, 0.29) is 11.8 Å². The molecule has 2 heterocycles. The van der Waals surface area contributed by atoms with Gasteiger partial charge in [0.15, 0.2) is 0 Å². The van der Waals surface area contributed by atoms with E-state index in [1.807, 2.05) is 30.3 Å². The molecule has 1 aliphatic carbocycles. The van der Waals surface area contributed by atoms with Crippen LogP contribution in [-0.2, 0) is 6.54 Å². The minimum absolute atomic E-state index is 0.152. The number of amidine groups is 1. The summed E-state index contributed by atoms with van der Waals surface area (Å²) in [6.45, 7) is 2.55. The van der Waals surface area contributed by atoms with E-state index in [9.17, 15) is 4.79 Å². The first-order chi connectivity index (χ1) is 18.0. The number of rotatable bonds is 5. The van der Waals surface area contributed by atoms with Gasteiger partial charge in [-0.2, -0.15) is 0 Å². The smallest absolute Gasteiger partial charge is 0.251 e. The number of allylic oxidation sites excluding steroid dienone is 7. The second-order valence-electron chi connectivity index (χ2n) is 9.24. The summed E-state index contributed by atoms with van der Waals surface area (Å²) < 4.78 is 0. The average Bonchev–Trinajstić information content (AvgIpc) is 3.08. The van der Waals surface area contributed by atoms with Crippen LogP contribution in [0.3, 0.4) is 0 Å². The Morgan fingerprint density at radius 1 is 1.08 bits per heavy atom. The van der Waals surface area contributed by atoms with Crippen LogP contribution in [-0.4, -0.2) is 16.8 Å². The number of fused-ring (bicyclic) bond motifs is 1. The Bertz CT molecular complexity index is 1380. The maximum absolute atomic E-state index is 12.7.